The zero-order valence-corrected chi connectivity index (χ0v) is 18.9. The standard InChI is InChI=1S/C22H23ClN2O5S/c1-3-29-22(28)20-14-6-4-12(2)8-17(14)31-21(20)24-18(26)10-25-15-9-13(23)5-7-16(15)30-11-19(25)27/h5,7,9,12H,3-4,6,8,10-11H2,1-2H3,(H,24,26). The van der Waals surface area contributed by atoms with Crippen molar-refractivity contribution in [1.29, 1.82) is 0 Å². The first-order chi connectivity index (χ1) is 14.9. The highest BCUT2D eigenvalue weighted by molar-refractivity contribution is 7.17. The minimum absolute atomic E-state index is 0.152. The molecule has 31 heavy (non-hydrogen) atoms. The predicted molar refractivity (Wildman–Crippen MR) is 119 cm³/mol. The maximum atomic E-state index is 12.9. The summed E-state index contributed by atoms with van der Waals surface area (Å²) in [6.45, 7) is 3.83. The third kappa shape index (κ3) is 4.41. The van der Waals surface area contributed by atoms with Gasteiger partial charge in [0, 0.05) is 9.90 Å². The first kappa shape index (κ1) is 21.6. The molecule has 0 bridgehead atoms. The van der Waals surface area contributed by atoms with Crippen LogP contribution in [0.15, 0.2) is 18.2 Å². The van der Waals surface area contributed by atoms with Crippen LogP contribution in [0.4, 0.5) is 10.7 Å². The summed E-state index contributed by atoms with van der Waals surface area (Å²) in [4.78, 5) is 40.4. The van der Waals surface area contributed by atoms with Crippen molar-refractivity contribution in [3.05, 3.63) is 39.2 Å². The van der Waals surface area contributed by atoms with Crippen LogP contribution in [-0.4, -0.2) is 37.5 Å². The molecule has 0 fully saturated rings. The molecule has 1 unspecified atom stereocenters. The fourth-order valence-corrected chi connectivity index (χ4v) is 5.50. The molecule has 164 valence electrons. The molecular formula is C22H23ClN2O5S. The van der Waals surface area contributed by atoms with Gasteiger partial charge in [-0.05, 0) is 55.9 Å². The molecule has 2 aromatic rings. The Morgan fingerprint density at radius 2 is 2.19 bits per heavy atom. The number of carbonyl (C=O) groups excluding carboxylic acids is 3. The minimum atomic E-state index is -0.426. The number of thiophene rings is 1. The predicted octanol–water partition coefficient (Wildman–Crippen LogP) is 4.07. The number of hydrogen-bond donors (Lipinski definition) is 1. The van der Waals surface area contributed by atoms with Crippen molar-refractivity contribution < 1.29 is 23.9 Å². The van der Waals surface area contributed by atoms with Crippen LogP contribution in [-0.2, 0) is 27.2 Å². The highest BCUT2D eigenvalue weighted by atomic mass is 35.5. The van der Waals surface area contributed by atoms with E-state index in [1.807, 2.05) is 0 Å². The summed E-state index contributed by atoms with van der Waals surface area (Å²) >= 11 is 7.48. The van der Waals surface area contributed by atoms with Crippen molar-refractivity contribution >= 4 is 51.4 Å². The molecule has 1 atom stereocenters. The lowest BCUT2D eigenvalue weighted by Gasteiger charge is -2.28. The third-order valence-corrected chi connectivity index (χ3v) is 6.81. The minimum Gasteiger partial charge on any atom is -0.482 e. The number of fused-ring (bicyclic) bond motifs is 2. The molecule has 0 saturated carbocycles. The van der Waals surface area contributed by atoms with Crippen LogP contribution in [0.3, 0.4) is 0 Å². The van der Waals surface area contributed by atoms with Gasteiger partial charge in [-0.2, -0.15) is 0 Å². The van der Waals surface area contributed by atoms with Crippen molar-refractivity contribution in [2.75, 3.05) is 30.0 Å². The van der Waals surface area contributed by atoms with Gasteiger partial charge in [-0.3, -0.25) is 14.5 Å². The molecule has 9 heteroatoms. The summed E-state index contributed by atoms with van der Waals surface area (Å²) in [6, 6.07) is 4.93. The maximum Gasteiger partial charge on any atom is 0.341 e. The summed E-state index contributed by atoms with van der Waals surface area (Å²) in [5.74, 6) is -0.154. The average molecular weight is 463 g/mol. The number of esters is 1. The highest BCUT2D eigenvalue weighted by Gasteiger charge is 2.31. The fraction of sp³-hybridized carbons (Fsp3) is 0.409. The van der Waals surface area contributed by atoms with Gasteiger partial charge in [-0.25, -0.2) is 4.79 Å². The lowest BCUT2D eigenvalue weighted by molar-refractivity contribution is -0.123. The second kappa shape index (κ2) is 8.88. The quantitative estimate of drug-likeness (QED) is 0.677. The SMILES string of the molecule is CCOC(=O)c1c(NC(=O)CN2C(=O)COc3ccc(Cl)cc32)sc2c1CCC(C)C2. The van der Waals surface area contributed by atoms with Crippen LogP contribution in [0.25, 0.3) is 0 Å². The van der Waals surface area contributed by atoms with Crippen molar-refractivity contribution in [2.45, 2.75) is 33.1 Å². The number of nitrogens with zero attached hydrogens (tertiary/aromatic N) is 1. The van der Waals surface area contributed by atoms with Crippen LogP contribution in [0, 0.1) is 5.92 Å². The molecular weight excluding hydrogens is 440 g/mol. The molecule has 0 saturated heterocycles. The van der Waals surface area contributed by atoms with Crippen LogP contribution >= 0.6 is 22.9 Å². The first-order valence-corrected chi connectivity index (χ1v) is 11.4. The second-order valence-electron chi connectivity index (χ2n) is 7.71. The molecule has 2 aliphatic rings. The van der Waals surface area contributed by atoms with Gasteiger partial charge in [0.05, 0.1) is 17.9 Å². The van der Waals surface area contributed by atoms with Gasteiger partial charge in [0.2, 0.25) is 5.91 Å². The van der Waals surface area contributed by atoms with Crippen molar-refractivity contribution in [3.63, 3.8) is 0 Å². The van der Waals surface area contributed by atoms with E-state index in [-0.39, 0.29) is 25.7 Å². The van der Waals surface area contributed by atoms with Gasteiger partial charge in [-0.15, -0.1) is 11.3 Å². The van der Waals surface area contributed by atoms with Crippen LogP contribution in [0.1, 0.15) is 41.1 Å². The molecule has 1 aromatic heterocycles. The average Bonchev–Trinajstić information content (AvgIpc) is 3.07. The van der Waals surface area contributed by atoms with E-state index in [1.54, 1.807) is 25.1 Å². The first-order valence-electron chi connectivity index (χ1n) is 10.2. The molecule has 1 aromatic carbocycles. The van der Waals surface area contributed by atoms with Crippen molar-refractivity contribution in [2.24, 2.45) is 5.92 Å². The molecule has 4 rings (SSSR count). The lowest BCUT2D eigenvalue weighted by Crippen LogP contribution is -2.43. The van der Waals surface area contributed by atoms with E-state index >= 15 is 0 Å². The normalized spacial score (nSPS) is 17.5. The van der Waals surface area contributed by atoms with Gasteiger partial charge in [-0.1, -0.05) is 18.5 Å². The molecule has 2 heterocycles. The number of amides is 2. The van der Waals surface area contributed by atoms with E-state index in [0.717, 1.165) is 29.7 Å². The zero-order valence-electron chi connectivity index (χ0n) is 17.3. The van der Waals surface area contributed by atoms with Crippen molar-refractivity contribution in [1.82, 2.24) is 0 Å². The smallest absolute Gasteiger partial charge is 0.341 e. The highest BCUT2D eigenvalue weighted by Crippen LogP contribution is 2.40. The van der Waals surface area contributed by atoms with E-state index in [1.165, 1.54) is 16.2 Å². The lowest BCUT2D eigenvalue weighted by atomic mass is 9.88. The molecule has 2 amide bonds. The molecule has 1 aliphatic carbocycles. The summed E-state index contributed by atoms with van der Waals surface area (Å²) < 4.78 is 10.7. The maximum absolute atomic E-state index is 12.9. The van der Waals surface area contributed by atoms with Crippen molar-refractivity contribution in [3.8, 4) is 5.75 Å². The van der Waals surface area contributed by atoms with Gasteiger partial charge in [0.15, 0.2) is 6.61 Å². The monoisotopic (exact) mass is 462 g/mol. The number of hydrogen-bond acceptors (Lipinski definition) is 6. The molecule has 0 radical (unpaired) electrons. The van der Waals surface area contributed by atoms with Gasteiger partial charge < -0.3 is 14.8 Å². The van der Waals surface area contributed by atoms with E-state index in [2.05, 4.69) is 12.2 Å². The van der Waals surface area contributed by atoms with Gasteiger partial charge in [0.25, 0.3) is 5.91 Å². The number of ether oxygens (including phenoxy) is 2. The molecule has 1 N–H and O–H groups in total. The van der Waals surface area contributed by atoms with E-state index in [4.69, 9.17) is 21.1 Å². The Balaban J connectivity index is 1.59. The third-order valence-electron chi connectivity index (χ3n) is 5.41. The van der Waals surface area contributed by atoms with Gasteiger partial charge in [0.1, 0.15) is 17.3 Å². The van der Waals surface area contributed by atoms with Crippen LogP contribution < -0.4 is 15.0 Å². The van der Waals surface area contributed by atoms with E-state index < -0.39 is 11.9 Å². The Labute approximate surface area is 189 Å². The second-order valence-corrected chi connectivity index (χ2v) is 9.25. The Morgan fingerprint density at radius 1 is 1.39 bits per heavy atom. The zero-order chi connectivity index (χ0) is 22.1. The van der Waals surface area contributed by atoms with Crippen LogP contribution in [0.2, 0.25) is 5.02 Å². The Kier molecular flexibility index (Phi) is 6.20. The Bertz CT molecular complexity index is 1050. The number of rotatable bonds is 5. The number of nitrogens with one attached hydrogen (secondary N) is 1. The Hall–Kier alpha value is -2.58. The number of halogens is 1. The summed E-state index contributed by atoms with van der Waals surface area (Å²) in [7, 11) is 0. The molecule has 0 spiro atoms. The number of anilines is 2. The van der Waals surface area contributed by atoms with E-state index in [0.29, 0.717) is 32.9 Å². The Morgan fingerprint density at radius 3 is 2.97 bits per heavy atom. The summed E-state index contributed by atoms with van der Waals surface area (Å²) in [6.07, 6.45) is 2.64. The molecule has 1 aliphatic heterocycles. The topological polar surface area (TPSA) is 84.9 Å². The van der Waals surface area contributed by atoms with E-state index in [9.17, 15) is 14.4 Å². The summed E-state index contributed by atoms with van der Waals surface area (Å²) in [5.41, 5.74) is 1.86. The van der Waals surface area contributed by atoms with Crippen LogP contribution in [0.5, 0.6) is 5.75 Å². The molecule has 7 nitrogen and oxygen atoms in total. The number of benzene rings is 1. The fourth-order valence-electron chi connectivity index (χ4n) is 3.92. The number of carbonyl (C=O) groups is 3. The van der Waals surface area contributed by atoms with Gasteiger partial charge >= 0.3 is 5.97 Å². The largest absolute Gasteiger partial charge is 0.482 e. The summed E-state index contributed by atoms with van der Waals surface area (Å²) in [5, 5.41) is 3.76.